The summed E-state index contributed by atoms with van der Waals surface area (Å²) in [4.78, 5) is 25.3. The molecule has 0 fully saturated rings. The van der Waals surface area contributed by atoms with Crippen LogP contribution in [-0.4, -0.2) is 21.7 Å². The quantitative estimate of drug-likeness (QED) is 0.422. The lowest BCUT2D eigenvalue weighted by Crippen LogP contribution is -2.20. The number of ether oxygens (including phenoxy) is 1. The number of carbonyl (C=O) groups excluding carboxylic acids is 1. The molecule has 0 atom stereocenters. The van der Waals surface area contributed by atoms with Gasteiger partial charge in [0.25, 0.3) is 5.56 Å². The summed E-state index contributed by atoms with van der Waals surface area (Å²) in [6, 6.07) is 12.3. The zero-order valence-corrected chi connectivity index (χ0v) is 17.6. The average molecular weight is 429 g/mol. The van der Waals surface area contributed by atoms with E-state index in [-0.39, 0.29) is 11.5 Å². The Morgan fingerprint density at radius 2 is 1.72 bits per heavy atom. The lowest BCUT2D eigenvalue weighted by Gasteiger charge is -2.09. The largest absolute Gasteiger partial charge is 0.462 e. The number of pyridine rings is 1. The molecule has 4 rings (SSSR count). The van der Waals surface area contributed by atoms with Gasteiger partial charge in [-0.2, -0.15) is 0 Å². The minimum absolute atomic E-state index is 0.168. The van der Waals surface area contributed by atoms with Crippen LogP contribution in [-0.2, 0) is 18.8 Å². The van der Waals surface area contributed by atoms with Gasteiger partial charge in [0.2, 0.25) is 0 Å². The Balaban J connectivity index is 2.07. The second-order valence-electron chi connectivity index (χ2n) is 6.80. The van der Waals surface area contributed by atoms with Crippen molar-refractivity contribution in [3.63, 3.8) is 0 Å². The van der Waals surface area contributed by atoms with Gasteiger partial charge in [-0.3, -0.25) is 9.36 Å². The highest BCUT2D eigenvalue weighted by atomic mass is 35.5. The van der Waals surface area contributed by atoms with Gasteiger partial charge in [0.15, 0.2) is 0 Å². The molecule has 0 aliphatic rings. The molecular weight excluding hydrogens is 411 g/mol. The third-order valence-electron chi connectivity index (χ3n) is 5.08. The molecule has 2 aromatic carbocycles. The maximum atomic E-state index is 13.1. The Labute approximate surface area is 177 Å². The van der Waals surface area contributed by atoms with E-state index in [4.69, 9.17) is 27.9 Å². The average Bonchev–Trinajstić information content (AvgIpc) is 2.97. The molecule has 29 heavy (non-hydrogen) atoms. The van der Waals surface area contributed by atoms with Crippen molar-refractivity contribution in [3.8, 4) is 11.1 Å². The van der Waals surface area contributed by atoms with Crippen molar-refractivity contribution in [1.29, 1.82) is 0 Å². The summed E-state index contributed by atoms with van der Waals surface area (Å²) in [7, 11) is 3.62. The van der Waals surface area contributed by atoms with Crippen LogP contribution in [0.4, 0.5) is 0 Å². The Morgan fingerprint density at radius 3 is 2.41 bits per heavy atom. The zero-order valence-electron chi connectivity index (χ0n) is 16.1. The van der Waals surface area contributed by atoms with E-state index >= 15 is 0 Å². The van der Waals surface area contributed by atoms with Crippen LogP contribution in [0.1, 0.15) is 17.3 Å². The number of halogens is 2. The number of aryl methyl sites for hydroxylation is 2. The van der Waals surface area contributed by atoms with Gasteiger partial charge >= 0.3 is 5.97 Å². The Bertz CT molecular complexity index is 1350. The van der Waals surface area contributed by atoms with Gasteiger partial charge in [-0.05, 0) is 43.3 Å². The predicted molar refractivity (Wildman–Crippen MR) is 117 cm³/mol. The molecule has 0 aliphatic heterocycles. The fraction of sp³-hybridized carbons (Fsp3) is 0.182. The number of carbonyl (C=O) groups is 1. The lowest BCUT2D eigenvalue weighted by molar-refractivity contribution is 0.0526. The molecule has 2 heterocycles. The third-order valence-corrected chi connectivity index (χ3v) is 5.63. The summed E-state index contributed by atoms with van der Waals surface area (Å²) in [5.41, 5.74) is 3.03. The van der Waals surface area contributed by atoms with Crippen LogP contribution in [0.5, 0.6) is 0 Å². The Morgan fingerprint density at radius 1 is 0.966 bits per heavy atom. The standard InChI is InChI=1S/C22H18Cl2N2O3/c1-4-29-22(28)12-5-8-19-15(9-12)16-11-17(14-7-6-13(23)10-18(14)24)21(27)26(3)20(16)25(19)2/h5-11H,4H2,1-3H3. The predicted octanol–water partition coefficient (Wildman–Crippen LogP) is 5.18. The molecule has 148 valence electrons. The first-order valence-electron chi connectivity index (χ1n) is 9.08. The number of esters is 1. The second-order valence-corrected chi connectivity index (χ2v) is 7.64. The van der Waals surface area contributed by atoms with E-state index in [0.717, 1.165) is 21.9 Å². The van der Waals surface area contributed by atoms with Gasteiger partial charge in [-0.15, -0.1) is 0 Å². The minimum atomic E-state index is -0.378. The van der Waals surface area contributed by atoms with E-state index < -0.39 is 0 Å². The van der Waals surface area contributed by atoms with Gasteiger partial charge in [0, 0.05) is 41.0 Å². The van der Waals surface area contributed by atoms with Crippen LogP contribution in [0.25, 0.3) is 33.1 Å². The van der Waals surface area contributed by atoms with Gasteiger partial charge in [-0.1, -0.05) is 29.3 Å². The molecule has 0 N–H and O–H groups in total. The lowest BCUT2D eigenvalue weighted by atomic mass is 10.0. The van der Waals surface area contributed by atoms with Gasteiger partial charge in [0.05, 0.1) is 22.7 Å². The van der Waals surface area contributed by atoms with Gasteiger partial charge in [0.1, 0.15) is 5.65 Å². The highest BCUT2D eigenvalue weighted by molar-refractivity contribution is 6.36. The number of rotatable bonds is 3. The summed E-state index contributed by atoms with van der Waals surface area (Å²) < 4.78 is 8.66. The van der Waals surface area contributed by atoms with Crippen molar-refractivity contribution >= 4 is 51.1 Å². The summed E-state index contributed by atoms with van der Waals surface area (Å²) in [5.74, 6) is -0.378. The molecule has 0 unspecified atom stereocenters. The van der Waals surface area contributed by atoms with E-state index in [2.05, 4.69) is 0 Å². The molecule has 2 aromatic heterocycles. The highest BCUT2D eigenvalue weighted by Crippen LogP contribution is 2.33. The van der Waals surface area contributed by atoms with Crippen molar-refractivity contribution in [3.05, 3.63) is 68.4 Å². The first-order chi connectivity index (χ1) is 13.8. The second kappa shape index (κ2) is 7.25. The number of hydrogen-bond acceptors (Lipinski definition) is 3. The summed E-state index contributed by atoms with van der Waals surface area (Å²) in [6.07, 6.45) is 0. The smallest absolute Gasteiger partial charge is 0.338 e. The molecule has 0 saturated carbocycles. The van der Waals surface area contributed by atoms with E-state index in [1.807, 2.05) is 23.7 Å². The Kier molecular flexibility index (Phi) is 4.89. The molecule has 0 aliphatic carbocycles. The SMILES string of the molecule is CCOC(=O)c1ccc2c(c1)c1cc(-c3ccc(Cl)cc3Cl)c(=O)n(C)c1n2C. The molecule has 0 radical (unpaired) electrons. The molecule has 5 nitrogen and oxygen atoms in total. The van der Waals surface area contributed by atoms with Crippen LogP contribution in [0.15, 0.2) is 47.3 Å². The fourth-order valence-corrected chi connectivity index (χ4v) is 4.24. The van der Waals surface area contributed by atoms with Crippen molar-refractivity contribution in [1.82, 2.24) is 9.13 Å². The summed E-state index contributed by atoms with van der Waals surface area (Å²) in [5, 5.41) is 2.61. The number of fused-ring (bicyclic) bond motifs is 3. The number of nitrogens with zero attached hydrogens (tertiary/aromatic N) is 2. The van der Waals surface area contributed by atoms with Gasteiger partial charge in [-0.25, -0.2) is 4.79 Å². The summed E-state index contributed by atoms with van der Waals surface area (Å²) >= 11 is 12.4. The molecule has 0 bridgehead atoms. The van der Waals surface area contributed by atoms with Crippen LogP contribution >= 0.6 is 23.2 Å². The van der Waals surface area contributed by atoms with Crippen molar-refractivity contribution in [2.75, 3.05) is 6.61 Å². The van der Waals surface area contributed by atoms with Crippen LogP contribution < -0.4 is 5.56 Å². The minimum Gasteiger partial charge on any atom is -0.462 e. The number of hydrogen-bond donors (Lipinski definition) is 0. The summed E-state index contributed by atoms with van der Waals surface area (Å²) in [6.45, 7) is 2.08. The molecular formula is C22H18Cl2N2O3. The molecule has 0 spiro atoms. The first-order valence-corrected chi connectivity index (χ1v) is 9.83. The molecule has 0 saturated heterocycles. The van der Waals surface area contributed by atoms with Crippen molar-refractivity contribution in [2.45, 2.75) is 6.92 Å². The van der Waals surface area contributed by atoms with Crippen molar-refractivity contribution in [2.24, 2.45) is 14.1 Å². The van der Waals surface area contributed by atoms with E-state index in [1.54, 1.807) is 48.9 Å². The monoisotopic (exact) mass is 428 g/mol. The van der Waals surface area contributed by atoms with Gasteiger partial charge < -0.3 is 9.30 Å². The molecule has 0 amide bonds. The topological polar surface area (TPSA) is 53.2 Å². The molecule has 7 heteroatoms. The maximum absolute atomic E-state index is 13.1. The Hall–Kier alpha value is -2.76. The van der Waals surface area contributed by atoms with Crippen LogP contribution in [0, 0.1) is 0 Å². The number of aromatic nitrogens is 2. The normalized spacial score (nSPS) is 11.3. The molecule has 4 aromatic rings. The van der Waals surface area contributed by atoms with Crippen LogP contribution in [0.2, 0.25) is 10.0 Å². The zero-order chi connectivity index (χ0) is 20.9. The van der Waals surface area contributed by atoms with E-state index in [9.17, 15) is 9.59 Å². The van der Waals surface area contributed by atoms with Crippen molar-refractivity contribution < 1.29 is 9.53 Å². The van der Waals surface area contributed by atoms with E-state index in [1.165, 1.54) is 0 Å². The maximum Gasteiger partial charge on any atom is 0.338 e. The van der Waals surface area contributed by atoms with E-state index in [0.29, 0.717) is 33.3 Å². The van der Waals surface area contributed by atoms with Crippen LogP contribution in [0.3, 0.4) is 0 Å². The highest BCUT2D eigenvalue weighted by Gasteiger charge is 2.18. The third kappa shape index (κ3) is 3.11. The first kappa shape index (κ1) is 19.6. The number of benzene rings is 2. The fourth-order valence-electron chi connectivity index (χ4n) is 3.73.